The van der Waals surface area contributed by atoms with Gasteiger partial charge in [0.15, 0.2) is 5.13 Å². The highest BCUT2D eigenvalue weighted by Crippen LogP contribution is 2.39. The Morgan fingerprint density at radius 3 is 2.91 bits per heavy atom. The number of hydrogen-bond donors (Lipinski definition) is 0. The minimum absolute atomic E-state index is 0.381. The zero-order valence-corrected chi connectivity index (χ0v) is 14.0. The van der Waals surface area contributed by atoms with E-state index in [-0.39, 0.29) is 0 Å². The zero-order chi connectivity index (χ0) is 14.9. The van der Waals surface area contributed by atoms with Crippen molar-refractivity contribution in [2.75, 3.05) is 18.0 Å². The molecular weight excluding hydrogens is 292 g/mol. The monoisotopic (exact) mass is 316 g/mol. The Labute approximate surface area is 136 Å². The van der Waals surface area contributed by atoms with E-state index in [1.165, 1.54) is 41.9 Å². The first-order valence-electron chi connectivity index (χ1n) is 8.59. The van der Waals surface area contributed by atoms with Crippen LogP contribution >= 0.6 is 11.3 Å². The van der Waals surface area contributed by atoms with E-state index >= 15 is 0 Å². The Kier molecular flexibility index (Phi) is 4.05. The predicted octanol–water partition coefficient (Wildman–Crippen LogP) is 4.47. The van der Waals surface area contributed by atoms with Gasteiger partial charge in [0.25, 0.3) is 0 Å². The molecule has 4 rings (SSSR count). The molecule has 1 saturated heterocycles. The normalized spacial score (nSPS) is 25.8. The standard InChI is InChI=1S/C18H24N2OS/c1-2-3-6-14-11-20(12-16(21-14)13-9-10-13)18-19-15-7-4-5-8-17(15)22-18/h4-5,7-8,13-14,16H,2-3,6,9-12H2,1H3/t14-,16-/m1/s1. The molecule has 1 saturated carbocycles. The van der Waals surface area contributed by atoms with Gasteiger partial charge in [-0.1, -0.05) is 43.2 Å². The lowest BCUT2D eigenvalue weighted by Crippen LogP contribution is -2.48. The van der Waals surface area contributed by atoms with Crippen molar-refractivity contribution < 1.29 is 4.74 Å². The summed E-state index contributed by atoms with van der Waals surface area (Å²) >= 11 is 1.82. The van der Waals surface area contributed by atoms with Crippen LogP contribution < -0.4 is 4.90 Å². The summed E-state index contributed by atoms with van der Waals surface area (Å²) in [5.41, 5.74) is 1.13. The molecule has 2 fully saturated rings. The second kappa shape index (κ2) is 6.17. The van der Waals surface area contributed by atoms with Crippen molar-refractivity contribution in [3.05, 3.63) is 24.3 Å². The van der Waals surface area contributed by atoms with Gasteiger partial charge in [0, 0.05) is 13.1 Å². The molecule has 1 aromatic heterocycles. The van der Waals surface area contributed by atoms with Gasteiger partial charge in [-0.05, 0) is 37.3 Å². The van der Waals surface area contributed by atoms with Gasteiger partial charge in [0.05, 0.1) is 22.4 Å². The SMILES string of the molecule is CCCC[C@@H]1CN(c2nc3ccccc3s2)C[C@H](C2CC2)O1. The fourth-order valence-corrected chi connectivity index (χ4v) is 4.33. The first-order chi connectivity index (χ1) is 10.8. The number of benzene rings is 1. The zero-order valence-electron chi connectivity index (χ0n) is 13.2. The van der Waals surface area contributed by atoms with Crippen LogP contribution in [0.25, 0.3) is 10.2 Å². The lowest BCUT2D eigenvalue weighted by atomic mass is 10.1. The maximum Gasteiger partial charge on any atom is 0.186 e. The molecule has 0 radical (unpaired) electrons. The molecule has 2 aromatic rings. The molecule has 2 aliphatic rings. The maximum absolute atomic E-state index is 6.37. The second-order valence-electron chi connectivity index (χ2n) is 6.65. The van der Waals surface area contributed by atoms with E-state index in [2.05, 4.69) is 36.1 Å². The number of hydrogen-bond acceptors (Lipinski definition) is 4. The summed E-state index contributed by atoms with van der Waals surface area (Å²) in [6.07, 6.45) is 7.18. The fraction of sp³-hybridized carbons (Fsp3) is 0.611. The van der Waals surface area contributed by atoms with Crippen LogP contribution in [0.3, 0.4) is 0 Å². The molecule has 3 nitrogen and oxygen atoms in total. The van der Waals surface area contributed by atoms with Crippen LogP contribution in [0.2, 0.25) is 0 Å². The Balaban J connectivity index is 1.55. The van der Waals surface area contributed by atoms with E-state index in [0.29, 0.717) is 12.2 Å². The number of unbranched alkanes of at least 4 members (excludes halogenated alkanes) is 1. The van der Waals surface area contributed by atoms with Gasteiger partial charge in [0.1, 0.15) is 0 Å². The van der Waals surface area contributed by atoms with Crippen LogP contribution in [-0.2, 0) is 4.74 Å². The summed E-state index contributed by atoms with van der Waals surface area (Å²) < 4.78 is 7.66. The number of fused-ring (bicyclic) bond motifs is 1. The van der Waals surface area contributed by atoms with Crippen LogP contribution in [-0.4, -0.2) is 30.3 Å². The quantitative estimate of drug-likeness (QED) is 0.814. The van der Waals surface area contributed by atoms with Crippen molar-refractivity contribution in [3.8, 4) is 0 Å². The molecule has 1 aliphatic heterocycles. The molecule has 0 spiro atoms. The van der Waals surface area contributed by atoms with E-state index < -0.39 is 0 Å². The minimum atomic E-state index is 0.381. The van der Waals surface area contributed by atoms with E-state index in [9.17, 15) is 0 Å². The number of para-hydroxylation sites is 1. The van der Waals surface area contributed by atoms with Crippen LogP contribution in [0.1, 0.15) is 39.0 Å². The molecule has 1 aromatic carbocycles. The summed E-state index contributed by atoms with van der Waals surface area (Å²) in [4.78, 5) is 7.34. The third kappa shape index (κ3) is 2.99. The molecule has 22 heavy (non-hydrogen) atoms. The number of anilines is 1. The maximum atomic E-state index is 6.37. The number of morpholine rings is 1. The lowest BCUT2D eigenvalue weighted by Gasteiger charge is -2.38. The summed E-state index contributed by atoms with van der Waals surface area (Å²) in [5.74, 6) is 0.793. The van der Waals surface area contributed by atoms with Gasteiger partial charge >= 0.3 is 0 Å². The van der Waals surface area contributed by atoms with Gasteiger partial charge < -0.3 is 9.64 Å². The predicted molar refractivity (Wildman–Crippen MR) is 92.7 cm³/mol. The number of thiazole rings is 1. The van der Waals surface area contributed by atoms with Crippen molar-refractivity contribution in [1.29, 1.82) is 0 Å². The van der Waals surface area contributed by atoms with Gasteiger partial charge in [-0.25, -0.2) is 4.98 Å². The van der Waals surface area contributed by atoms with Gasteiger partial charge in [-0.15, -0.1) is 0 Å². The van der Waals surface area contributed by atoms with Gasteiger partial charge in [0.2, 0.25) is 0 Å². The molecule has 2 heterocycles. The molecule has 2 atom stereocenters. The van der Waals surface area contributed by atoms with Gasteiger partial charge in [-0.2, -0.15) is 0 Å². The van der Waals surface area contributed by atoms with Crippen molar-refractivity contribution in [2.45, 2.75) is 51.2 Å². The molecule has 0 unspecified atom stereocenters. The number of aromatic nitrogens is 1. The number of nitrogens with zero attached hydrogens (tertiary/aromatic N) is 2. The topological polar surface area (TPSA) is 25.4 Å². The average Bonchev–Trinajstić information content (AvgIpc) is 3.31. The van der Waals surface area contributed by atoms with Crippen molar-refractivity contribution in [3.63, 3.8) is 0 Å². The molecule has 4 heteroatoms. The molecular formula is C18H24N2OS. The fourth-order valence-electron chi connectivity index (χ4n) is 3.34. The third-order valence-electron chi connectivity index (χ3n) is 4.77. The Morgan fingerprint density at radius 2 is 2.14 bits per heavy atom. The minimum Gasteiger partial charge on any atom is -0.371 e. The third-order valence-corrected chi connectivity index (χ3v) is 5.87. The van der Waals surface area contributed by atoms with Crippen molar-refractivity contribution in [2.24, 2.45) is 5.92 Å². The van der Waals surface area contributed by atoms with Crippen LogP contribution in [0.4, 0.5) is 5.13 Å². The van der Waals surface area contributed by atoms with Crippen molar-refractivity contribution >= 4 is 26.7 Å². The van der Waals surface area contributed by atoms with E-state index in [1.54, 1.807) is 0 Å². The Hall–Kier alpha value is -1.13. The highest BCUT2D eigenvalue weighted by atomic mass is 32.1. The summed E-state index contributed by atoms with van der Waals surface area (Å²) in [6.45, 7) is 4.28. The number of ether oxygens (including phenoxy) is 1. The first kappa shape index (κ1) is 14.5. The average molecular weight is 316 g/mol. The molecule has 1 aliphatic carbocycles. The van der Waals surface area contributed by atoms with Crippen molar-refractivity contribution in [1.82, 2.24) is 4.98 Å². The van der Waals surface area contributed by atoms with Crippen LogP contribution in [0, 0.1) is 5.92 Å². The van der Waals surface area contributed by atoms with Crippen LogP contribution in [0.5, 0.6) is 0 Å². The summed E-state index contributed by atoms with van der Waals surface area (Å²) in [5, 5.41) is 1.18. The smallest absolute Gasteiger partial charge is 0.186 e. The molecule has 0 N–H and O–H groups in total. The molecule has 118 valence electrons. The van der Waals surface area contributed by atoms with Gasteiger partial charge in [-0.3, -0.25) is 0 Å². The molecule has 0 bridgehead atoms. The Bertz CT molecular complexity index is 604. The first-order valence-corrected chi connectivity index (χ1v) is 9.41. The highest BCUT2D eigenvalue weighted by molar-refractivity contribution is 7.22. The summed E-state index contributed by atoms with van der Waals surface area (Å²) in [7, 11) is 0. The number of rotatable bonds is 5. The lowest BCUT2D eigenvalue weighted by molar-refractivity contribution is -0.0409. The Morgan fingerprint density at radius 1 is 1.27 bits per heavy atom. The summed E-state index contributed by atoms with van der Waals surface area (Å²) in [6, 6.07) is 8.45. The van der Waals surface area contributed by atoms with Crippen LogP contribution in [0.15, 0.2) is 24.3 Å². The van der Waals surface area contributed by atoms with E-state index in [4.69, 9.17) is 9.72 Å². The van der Waals surface area contributed by atoms with E-state index in [0.717, 1.165) is 24.5 Å². The molecule has 0 amide bonds. The van der Waals surface area contributed by atoms with E-state index in [1.807, 2.05) is 11.3 Å². The second-order valence-corrected chi connectivity index (χ2v) is 7.65. The highest BCUT2D eigenvalue weighted by Gasteiger charge is 2.38. The largest absolute Gasteiger partial charge is 0.371 e.